The monoisotopic (exact) mass is 223 g/mol. The van der Waals surface area contributed by atoms with Gasteiger partial charge in [-0.2, -0.15) is 17.6 Å². The first-order chi connectivity index (χ1) is 5.73. The summed E-state index contributed by atoms with van der Waals surface area (Å²) < 4.78 is 48.3. The zero-order chi connectivity index (χ0) is 10.7. The van der Waals surface area contributed by atoms with Crippen LogP contribution in [-0.4, -0.2) is 35.5 Å². The van der Waals surface area contributed by atoms with Gasteiger partial charge in [-0.3, -0.25) is 4.79 Å². The Kier molecular flexibility index (Phi) is 3.92. The topological polar surface area (TPSA) is 49.3 Å². The quantitative estimate of drug-likeness (QED) is 0.541. The molecule has 3 nitrogen and oxygen atoms in total. The van der Waals surface area contributed by atoms with Gasteiger partial charge in [-0.15, -0.1) is 0 Å². The Morgan fingerprint density at radius 1 is 1.38 bits per heavy atom. The summed E-state index contributed by atoms with van der Waals surface area (Å²) in [6.45, 7) is -1.17. The highest BCUT2D eigenvalue weighted by Gasteiger charge is 2.60. The fourth-order valence-electron chi connectivity index (χ4n) is 0.409. The van der Waals surface area contributed by atoms with Crippen LogP contribution >= 0.6 is 11.6 Å². The normalized spacial score (nSPS) is 12.8. The van der Waals surface area contributed by atoms with Crippen molar-refractivity contribution in [2.75, 3.05) is 13.2 Å². The Morgan fingerprint density at radius 2 is 1.85 bits per heavy atom. The van der Waals surface area contributed by atoms with Gasteiger partial charge in [0, 0.05) is 6.54 Å². The lowest BCUT2D eigenvalue weighted by molar-refractivity contribution is -0.180. The summed E-state index contributed by atoms with van der Waals surface area (Å²) in [5.74, 6) is -7.20. The molecule has 0 aromatic carbocycles. The van der Waals surface area contributed by atoms with Crippen LogP contribution in [0, 0.1) is 0 Å². The molecule has 0 aliphatic heterocycles. The van der Waals surface area contributed by atoms with Crippen LogP contribution in [0.4, 0.5) is 17.6 Å². The van der Waals surface area contributed by atoms with Crippen molar-refractivity contribution in [1.82, 2.24) is 5.32 Å². The molecule has 2 N–H and O–H groups in total. The summed E-state index contributed by atoms with van der Waals surface area (Å²) in [5, 5.41) is 4.54. The molecule has 0 bridgehead atoms. The molecule has 0 saturated heterocycles. The largest absolute Gasteiger partial charge is 0.400 e. The molecule has 1 amide bonds. The first-order valence-electron chi connectivity index (χ1n) is 3.07. The second kappa shape index (κ2) is 4.10. The Balaban J connectivity index is 4.37. The van der Waals surface area contributed by atoms with Crippen molar-refractivity contribution >= 4 is 17.5 Å². The summed E-state index contributed by atoms with van der Waals surface area (Å²) in [5.41, 5.74) is 0. The van der Waals surface area contributed by atoms with Crippen molar-refractivity contribution in [3.63, 3.8) is 0 Å². The first-order valence-corrected chi connectivity index (χ1v) is 3.45. The maximum Gasteiger partial charge on any atom is 0.400 e. The third-order valence-corrected chi connectivity index (χ3v) is 1.28. The standard InChI is InChI=1S/C5H6ClF4NO2/c6-5(9,10)4(7,8)3(13)11-1-2-12/h12H,1-2H2,(H,11,13). The molecular weight excluding hydrogens is 218 g/mol. The van der Waals surface area contributed by atoms with Crippen LogP contribution in [0.3, 0.4) is 0 Å². The molecule has 0 unspecified atom stereocenters. The molecule has 0 heterocycles. The third-order valence-electron chi connectivity index (χ3n) is 1.04. The molecular formula is C5H6ClF4NO2. The molecule has 0 aliphatic rings. The van der Waals surface area contributed by atoms with Crippen molar-refractivity contribution in [1.29, 1.82) is 0 Å². The molecule has 0 atom stereocenters. The lowest BCUT2D eigenvalue weighted by Crippen LogP contribution is -2.50. The number of aliphatic hydroxyl groups excluding tert-OH is 1. The number of amides is 1. The maximum atomic E-state index is 12.3. The number of carbonyl (C=O) groups is 1. The van der Waals surface area contributed by atoms with Gasteiger partial charge in [-0.25, -0.2) is 0 Å². The van der Waals surface area contributed by atoms with E-state index in [4.69, 9.17) is 5.11 Å². The summed E-state index contributed by atoms with van der Waals surface area (Å²) in [7, 11) is 0. The lowest BCUT2D eigenvalue weighted by atomic mass is 10.3. The molecule has 78 valence electrons. The molecule has 0 saturated carbocycles. The average Bonchev–Trinajstić information content (AvgIpc) is 1.97. The van der Waals surface area contributed by atoms with E-state index in [0.29, 0.717) is 0 Å². The molecule has 0 aromatic rings. The van der Waals surface area contributed by atoms with Gasteiger partial charge in [-0.1, -0.05) is 0 Å². The zero-order valence-electron chi connectivity index (χ0n) is 6.16. The van der Waals surface area contributed by atoms with Gasteiger partial charge in [0.2, 0.25) is 0 Å². The number of halogens is 5. The fourth-order valence-corrected chi connectivity index (χ4v) is 0.495. The highest BCUT2D eigenvalue weighted by molar-refractivity contribution is 6.24. The minimum absolute atomic E-state index is 0.540. The van der Waals surface area contributed by atoms with Gasteiger partial charge >= 0.3 is 11.3 Å². The predicted molar refractivity (Wildman–Crippen MR) is 35.8 cm³/mol. The van der Waals surface area contributed by atoms with E-state index < -0.39 is 30.4 Å². The average molecular weight is 224 g/mol. The van der Waals surface area contributed by atoms with E-state index in [9.17, 15) is 22.4 Å². The Morgan fingerprint density at radius 3 is 2.15 bits per heavy atom. The van der Waals surface area contributed by atoms with Crippen molar-refractivity contribution in [2.45, 2.75) is 11.3 Å². The first kappa shape index (κ1) is 12.4. The third kappa shape index (κ3) is 3.00. The van der Waals surface area contributed by atoms with E-state index in [1.54, 1.807) is 0 Å². The maximum absolute atomic E-state index is 12.3. The van der Waals surface area contributed by atoms with E-state index in [1.807, 2.05) is 0 Å². The van der Waals surface area contributed by atoms with Crippen LogP contribution in [0.1, 0.15) is 0 Å². The van der Waals surface area contributed by atoms with Crippen molar-refractivity contribution < 1.29 is 27.5 Å². The van der Waals surface area contributed by atoms with Gasteiger partial charge < -0.3 is 10.4 Å². The molecule has 0 aliphatic carbocycles. The molecule has 0 spiro atoms. The van der Waals surface area contributed by atoms with Gasteiger partial charge in [0.25, 0.3) is 5.91 Å². The van der Waals surface area contributed by atoms with Gasteiger partial charge in [0.15, 0.2) is 0 Å². The van der Waals surface area contributed by atoms with E-state index in [2.05, 4.69) is 11.6 Å². The van der Waals surface area contributed by atoms with Crippen LogP contribution in [-0.2, 0) is 4.79 Å². The highest BCUT2D eigenvalue weighted by atomic mass is 35.5. The SMILES string of the molecule is O=C(NCCO)C(F)(F)C(F)(F)Cl. The molecule has 0 rings (SSSR count). The molecule has 13 heavy (non-hydrogen) atoms. The summed E-state index contributed by atoms with van der Waals surface area (Å²) in [6.07, 6.45) is 0. The summed E-state index contributed by atoms with van der Waals surface area (Å²) in [4.78, 5) is 10.3. The van der Waals surface area contributed by atoms with E-state index in [1.165, 1.54) is 5.32 Å². The highest BCUT2D eigenvalue weighted by Crippen LogP contribution is 2.37. The summed E-state index contributed by atoms with van der Waals surface area (Å²) >= 11 is 3.99. The number of aliphatic hydroxyl groups is 1. The van der Waals surface area contributed by atoms with E-state index in [0.717, 1.165) is 0 Å². The summed E-state index contributed by atoms with van der Waals surface area (Å²) in [6, 6.07) is 0. The second-order valence-electron chi connectivity index (χ2n) is 2.05. The minimum atomic E-state index is -4.98. The molecule has 0 radical (unpaired) electrons. The molecule has 0 fully saturated rings. The number of alkyl halides is 5. The number of carbonyl (C=O) groups excluding carboxylic acids is 1. The Labute approximate surface area is 75.7 Å². The predicted octanol–water partition coefficient (Wildman–Crippen LogP) is 0.562. The van der Waals surface area contributed by atoms with Crippen molar-refractivity contribution in [2.24, 2.45) is 0 Å². The number of nitrogens with one attached hydrogen (secondary N) is 1. The lowest BCUT2D eigenvalue weighted by Gasteiger charge is -2.19. The van der Waals surface area contributed by atoms with Crippen LogP contribution < -0.4 is 5.32 Å². The molecule has 8 heteroatoms. The van der Waals surface area contributed by atoms with Crippen LogP contribution in [0.25, 0.3) is 0 Å². The number of rotatable bonds is 4. The van der Waals surface area contributed by atoms with Crippen LogP contribution in [0.5, 0.6) is 0 Å². The smallest absolute Gasteiger partial charge is 0.395 e. The Hall–Kier alpha value is -0.560. The zero-order valence-corrected chi connectivity index (χ0v) is 6.92. The van der Waals surface area contributed by atoms with Gasteiger partial charge in [-0.05, 0) is 11.6 Å². The van der Waals surface area contributed by atoms with Crippen LogP contribution in [0.15, 0.2) is 0 Å². The number of hydrogen-bond acceptors (Lipinski definition) is 2. The van der Waals surface area contributed by atoms with E-state index in [-0.39, 0.29) is 0 Å². The fraction of sp³-hybridized carbons (Fsp3) is 0.800. The Bertz CT molecular complexity index is 193. The second-order valence-corrected chi connectivity index (χ2v) is 2.53. The molecule has 0 aromatic heterocycles. The van der Waals surface area contributed by atoms with Crippen molar-refractivity contribution in [3.8, 4) is 0 Å². The number of hydrogen-bond donors (Lipinski definition) is 2. The van der Waals surface area contributed by atoms with Gasteiger partial charge in [0.1, 0.15) is 0 Å². The van der Waals surface area contributed by atoms with Crippen LogP contribution in [0.2, 0.25) is 0 Å². The van der Waals surface area contributed by atoms with E-state index >= 15 is 0 Å². The minimum Gasteiger partial charge on any atom is -0.395 e. The van der Waals surface area contributed by atoms with Gasteiger partial charge in [0.05, 0.1) is 6.61 Å². The van der Waals surface area contributed by atoms with Crippen molar-refractivity contribution in [3.05, 3.63) is 0 Å².